The summed E-state index contributed by atoms with van der Waals surface area (Å²) in [6.07, 6.45) is 5.51. The molecule has 0 spiro atoms. The largest absolute Gasteiger partial charge is 0.377 e. The molecule has 0 bridgehead atoms. The van der Waals surface area contributed by atoms with Gasteiger partial charge in [0, 0.05) is 10.6 Å². The van der Waals surface area contributed by atoms with Crippen molar-refractivity contribution in [2.45, 2.75) is 38.6 Å². The van der Waals surface area contributed by atoms with Gasteiger partial charge in [-0.05, 0) is 54.8 Å². The van der Waals surface area contributed by atoms with Gasteiger partial charge in [-0.2, -0.15) is 0 Å². The topological polar surface area (TPSA) is 12.0 Å². The van der Waals surface area contributed by atoms with Gasteiger partial charge < -0.3 is 5.32 Å². The highest BCUT2D eigenvalue weighted by Gasteiger charge is 2.26. The van der Waals surface area contributed by atoms with Crippen molar-refractivity contribution in [3.8, 4) is 0 Å². The lowest BCUT2D eigenvalue weighted by atomic mass is 9.96. The normalized spacial score (nSPS) is 17.5. The second-order valence-corrected chi connectivity index (χ2v) is 6.53. The third kappa shape index (κ3) is 3.01. The standard InChI is InChI=1S/C17H21NS/c1-13-6-4-9-15(12-13)18-17(14-7-2-3-8-14)16-10-5-11-19-16/h4-6,9-12,14,17-18H,2-3,7-8H2,1H3. The lowest BCUT2D eigenvalue weighted by Crippen LogP contribution is -2.17. The Hall–Kier alpha value is -1.28. The van der Waals surface area contributed by atoms with Crippen molar-refractivity contribution in [1.82, 2.24) is 0 Å². The minimum atomic E-state index is 0.490. The average Bonchev–Trinajstić information content (AvgIpc) is 3.10. The summed E-state index contributed by atoms with van der Waals surface area (Å²) in [6, 6.07) is 13.6. The zero-order valence-corrected chi connectivity index (χ0v) is 12.2. The minimum Gasteiger partial charge on any atom is -0.377 e. The molecule has 0 radical (unpaired) electrons. The molecule has 1 atom stereocenters. The van der Waals surface area contributed by atoms with E-state index in [4.69, 9.17) is 0 Å². The first-order valence-electron chi connectivity index (χ1n) is 7.19. The summed E-state index contributed by atoms with van der Waals surface area (Å²) in [7, 11) is 0. The predicted octanol–water partition coefficient (Wildman–Crippen LogP) is 5.40. The van der Waals surface area contributed by atoms with E-state index in [9.17, 15) is 0 Å². The number of rotatable bonds is 4. The number of thiophene rings is 1. The van der Waals surface area contributed by atoms with Crippen LogP contribution in [0.25, 0.3) is 0 Å². The number of anilines is 1. The fourth-order valence-electron chi connectivity index (χ4n) is 3.09. The van der Waals surface area contributed by atoms with Gasteiger partial charge in [0.25, 0.3) is 0 Å². The van der Waals surface area contributed by atoms with Gasteiger partial charge in [0.1, 0.15) is 0 Å². The van der Waals surface area contributed by atoms with E-state index in [-0.39, 0.29) is 0 Å². The summed E-state index contributed by atoms with van der Waals surface area (Å²) in [6.45, 7) is 2.15. The van der Waals surface area contributed by atoms with Crippen LogP contribution in [0.1, 0.15) is 42.2 Å². The summed E-state index contributed by atoms with van der Waals surface area (Å²) >= 11 is 1.88. The second-order valence-electron chi connectivity index (χ2n) is 5.55. The van der Waals surface area contributed by atoms with Crippen molar-refractivity contribution in [2.75, 3.05) is 5.32 Å². The molecule has 1 aliphatic rings. The molecule has 0 amide bonds. The van der Waals surface area contributed by atoms with Crippen LogP contribution in [0.3, 0.4) is 0 Å². The van der Waals surface area contributed by atoms with Gasteiger partial charge in [0.05, 0.1) is 6.04 Å². The van der Waals surface area contributed by atoms with Crippen molar-refractivity contribution in [2.24, 2.45) is 5.92 Å². The van der Waals surface area contributed by atoms with Crippen LogP contribution in [0.15, 0.2) is 41.8 Å². The third-order valence-corrected chi connectivity index (χ3v) is 5.02. The van der Waals surface area contributed by atoms with E-state index in [1.807, 2.05) is 11.3 Å². The molecule has 1 aromatic heterocycles. The van der Waals surface area contributed by atoms with Gasteiger partial charge in [-0.15, -0.1) is 11.3 Å². The Kier molecular flexibility index (Phi) is 3.88. The van der Waals surface area contributed by atoms with Gasteiger partial charge in [-0.3, -0.25) is 0 Å². The highest BCUT2D eigenvalue weighted by molar-refractivity contribution is 7.10. The zero-order chi connectivity index (χ0) is 13.1. The van der Waals surface area contributed by atoms with Gasteiger partial charge in [0.15, 0.2) is 0 Å². The summed E-state index contributed by atoms with van der Waals surface area (Å²) in [5.74, 6) is 0.791. The SMILES string of the molecule is Cc1cccc(NC(c2cccs2)C2CCCC2)c1. The molecule has 1 aliphatic carbocycles. The van der Waals surface area contributed by atoms with E-state index in [1.54, 1.807) is 0 Å². The maximum Gasteiger partial charge on any atom is 0.0634 e. The number of aryl methyl sites for hydroxylation is 1. The molecule has 1 N–H and O–H groups in total. The van der Waals surface area contributed by atoms with Crippen LogP contribution in [0, 0.1) is 12.8 Å². The number of hydrogen-bond acceptors (Lipinski definition) is 2. The molecule has 1 saturated carbocycles. The van der Waals surface area contributed by atoms with Crippen molar-refractivity contribution >= 4 is 17.0 Å². The van der Waals surface area contributed by atoms with Gasteiger partial charge in [-0.25, -0.2) is 0 Å². The predicted molar refractivity (Wildman–Crippen MR) is 83.8 cm³/mol. The smallest absolute Gasteiger partial charge is 0.0634 e. The van der Waals surface area contributed by atoms with Gasteiger partial charge in [-0.1, -0.05) is 31.0 Å². The number of nitrogens with one attached hydrogen (secondary N) is 1. The summed E-state index contributed by atoms with van der Waals surface area (Å²) in [5, 5.41) is 5.96. The van der Waals surface area contributed by atoms with Crippen molar-refractivity contribution in [1.29, 1.82) is 0 Å². The molecule has 0 saturated heterocycles. The Morgan fingerprint density at radius 3 is 2.68 bits per heavy atom. The molecule has 1 fully saturated rings. The van der Waals surface area contributed by atoms with Crippen LogP contribution < -0.4 is 5.32 Å². The fourth-order valence-corrected chi connectivity index (χ4v) is 3.96. The highest BCUT2D eigenvalue weighted by atomic mass is 32.1. The maximum absolute atomic E-state index is 3.77. The van der Waals surface area contributed by atoms with Gasteiger partial charge >= 0.3 is 0 Å². The van der Waals surface area contributed by atoms with Crippen molar-refractivity contribution < 1.29 is 0 Å². The first-order valence-corrected chi connectivity index (χ1v) is 8.07. The Labute approximate surface area is 119 Å². The molecule has 0 aliphatic heterocycles. The van der Waals surface area contributed by atoms with Crippen LogP contribution >= 0.6 is 11.3 Å². The number of benzene rings is 1. The van der Waals surface area contributed by atoms with E-state index in [0.29, 0.717) is 6.04 Å². The lowest BCUT2D eigenvalue weighted by Gasteiger charge is -2.25. The van der Waals surface area contributed by atoms with E-state index >= 15 is 0 Å². The second kappa shape index (κ2) is 5.79. The Balaban J connectivity index is 1.83. The zero-order valence-electron chi connectivity index (χ0n) is 11.4. The highest BCUT2D eigenvalue weighted by Crippen LogP contribution is 2.39. The van der Waals surface area contributed by atoms with Crippen LogP contribution in [0.2, 0.25) is 0 Å². The number of hydrogen-bond donors (Lipinski definition) is 1. The minimum absolute atomic E-state index is 0.490. The van der Waals surface area contributed by atoms with E-state index < -0.39 is 0 Å². The van der Waals surface area contributed by atoms with Gasteiger partial charge in [0.2, 0.25) is 0 Å². The molecule has 1 aromatic carbocycles. The lowest BCUT2D eigenvalue weighted by molar-refractivity contribution is 0.475. The molecule has 3 rings (SSSR count). The Bertz CT molecular complexity index is 512. The van der Waals surface area contributed by atoms with Crippen molar-refractivity contribution in [3.05, 3.63) is 52.2 Å². The summed E-state index contributed by atoms with van der Waals surface area (Å²) in [5.41, 5.74) is 2.58. The average molecular weight is 271 g/mol. The Morgan fingerprint density at radius 2 is 2.00 bits per heavy atom. The Morgan fingerprint density at radius 1 is 1.16 bits per heavy atom. The summed E-state index contributed by atoms with van der Waals surface area (Å²) < 4.78 is 0. The molecular formula is C17H21NS. The molecule has 1 heterocycles. The molecule has 2 aromatic rings. The summed E-state index contributed by atoms with van der Waals surface area (Å²) in [4.78, 5) is 1.48. The monoisotopic (exact) mass is 271 g/mol. The molecule has 100 valence electrons. The van der Waals surface area contributed by atoms with E-state index in [0.717, 1.165) is 5.92 Å². The third-order valence-electron chi connectivity index (χ3n) is 4.06. The first-order chi connectivity index (χ1) is 9.33. The first kappa shape index (κ1) is 12.7. The van der Waals surface area contributed by atoms with Crippen LogP contribution in [-0.4, -0.2) is 0 Å². The van der Waals surface area contributed by atoms with Crippen LogP contribution in [0.5, 0.6) is 0 Å². The quantitative estimate of drug-likeness (QED) is 0.785. The van der Waals surface area contributed by atoms with Crippen molar-refractivity contribution in [3.63, 3.8) is 0 Å². The van der Waals surface area contributed by atoms with Crippen LogP contribution in [0.4, 0.5) is 5.69 Å². The molecular weight excluding hydrogens is 250 g/mol. The van der Waals surface area contributed by atoms with E-state index in [1.165, 1.54) is 41.8 Å². The van der Waals surface area contributed by atoms with Crippen LogP contribution in [-0.2, 0) is 0 Å². The molecule has 1 unspecified atom stereocenters. The molecule has 1 nitrogen and oxygen atoms in total. The maximum atomic E-state index is 3.77. The van der Waals surface area contributed by atoms with E-state index in [2.05, 4.69) is 54.0 Å². The molecule has 19 heavy (non-hydrogen) atoms. The molecule has 2 heteroatoms. The fraction of sp³-hybridized carbons (Fsp3) is 0.412.